The summed E-state index contributed by atoms with van der Waals surface area (Å²) in [6.07, 6.45) is 0. The lowest BCUT2D eigenvalue weighted by Gasteiger charge is -2.05. The van der Waals surface area contributed by atoms with Crippen LogP contribution < -0.4 is 5.73 Å². The molecule has 2 aromatic carbocycles. The van der Waals surface area contributed by atoms with E-state index in [-0.39, 0.29) is 0 Å². The van der Waals surface area contributed by atoms with Gasteiger partial charge < -0.3 is 5.73 Å². The summed E-state index contributed by atoms with van der Waals surface area (Å²) in [6.45, 7) is 2.05. The number of aromatic nitrogens is 1. The summed E-state index contributed by atoms with van der Waals surface area (Å²) in [5.41, 5.74) is 8.94. The van der Waals surface area contributed by atoms with E-state index in [0.717, 1.165) is 21.1 Å². The number of fused-ring (bicyclic) bond motifs is 1. The number of hydrogen-bond donors (Lipinski definition) is 1. The van der Waals surface area contributed by atoms with Crippen molar-refractivity contribution in [3.8, 4) is 0 Å². The van der Waals surface area contributed by atoms with Crippen molar-refractivity contribution < 1.29 is 0 Å². The lowest BCUT2D eigenvalue weighted by Crippen LogP contribution is -1.90. The first-order valence-electron chi connectivity index (χ1n) is 5.62. The summed E-state index contributed by atoms with van der Waals surface area (Å²) in [6, 6.07) is 14.2. The predicted octanol–water partition coefficient (Wildman–Crippen LogP) is 4.34. The van der Waals surface area contributed by atoms with Crippen molar-refractivity contribution in [3.63, 3.8) is 0 Å². The van der Waals surface area contributed by atoms with Crippen LogP contribution in [-0.4, -0.2) is 4.98 Å². The van der Waals surface area contributed by atoms with Gasteiger partial charge in [-0.3, -0.25) is 0 Å². The highest BCUT2D eigenvalue weighted by molar-refractivity contribution is 8.01. The summed E-state index contributed by atoms with van der Waals surface area (Å²) in [4.78, 5) is 5.79. The number of rotatable bonds is 2. The standard InChI is InChI=1S/C14H12N2S2/c1-9-10(15)5-4-8-12(9)17-14-16-11-6-2-3-7-13(11)18-14/h2-8H,15H2,1H3. The van der Waals surface area contributed by atoms with Crippen molar-refractivity contribution in [2.75, 3.05) is 5.73 Å². The number of hydrogen-bond acceptors (Lipinski definition) is 4. The molecule has 18 heavy (non-hydrogen) atoms. The van der Waals surface area contributed by atoms with Crippen LogP contribution in [0.25, 0.3) is 10.2 Å². The Morgan fingerprint density at radius 3 is 2.78 bits per heavy atom. The molecule has 0 bridgehead atoms. The monoisotopic (exact) mass is 272 g/mol. The van der Waals surface area contributed by atoms with Crippen molar-refractivity contribution >= 4 is 39.0 Å². The van der Waals surface area contributed by atoms with Crippen LogP contribution >= 0.6 is 23.1 Å². The zero-order valence-electron chi connectivity index (χ0n) is 9.88. The van der Waals surface area contributed by atoms with Gasteiger partial charge in [-0.05, 0) is 36.8 Å². The maximum absolute atomic E-state index is 5.92. The Labute approximate surface area is 114 Å². The Hall–Kier alpha value is -1.52. The molecule has 3 rings (SSSR count). The number of para-hydroxylation sites is 1. The predicted molar refractivity (Wildman–Crippen MR) is 79.3 cm³/mol. The van der Waals surface area contributed by atoms with Gasteiger partial charge in [-0.25, -0.2) is 4.98 Å². The minimum atomic E-state index is 0.834. The molecule has 0 atom stereocenters. The van der Waals surface area contributed by atoms with Gasteiger partial charge in [0.25, 0.3) is 0 Å². The lowest BCUT2D eigenvalue weighted by atomic mass is 10.2. The number of nitrogens with two attached hydrogens (primary N) is 1. The lowest BCUT2D eigenvalue weighted by molar-refractivity contribution is 1.26. The zero-order valence-corrected chi connectivity index (χ0v) is 11.5. The molecule has 2 N–H and O–H groups in total. The van der Waals surface area contributed by atoms with Gasteiger partial charge >= 0.3 is 0 Å². The second-order valence-electron chi connectivity index (χ2n) is 4.02. The quantitative estimate of drug-likeness (QED) is 0.705. The van der Waals surface area contributed by atoms with Crippen LogP contribution in [-0.2, 0) is 0 Å². The Morgan fingerprint density at radius 2 is 1.94 bits per heavy atom. The average Bonchev–Trinajstić information content (AvgIpc) is 2.77. The third-order valence-electron chi connectivity index (χ3n) is 2.80. The van der Waals surface area contributed by atoms with Gasteiger partial charge in [-0.1, -0.05) is 30.0 Å². The van der Waals surface area contributed by atoms with Crippen LogP contribution in [0.5, 0.6) is 0 Å². The highest BCUT2D eigenvalue weighted by Gasteiger charge is 2.08. The van der Waals surface area contributed by atoms with Gasteiger partial charge in [-0.15, -0.1) is 11.3 Å². The molecule has 90 valence electrons. The zero-order chi connectivity index (χ0) is 12.5. The van der Waals surface area contributed by atoms with Gasteiger partial charge in [0.05, 0.1) is 10.2 Å². The molecule has 3 aromatic rings. The Bertz CT molecular complexity index is 671. The fraction of sp³-hybridized carbons (Fsp3) is 0.0714. The third kappa shape index (κ3) is 2.09. The van der Waals surface area contributed by atoms with E-state index in [1.807, 2.05) is 37.3 Å². The second kappa shape index (κ2) is 4.63. The largest absolute Gasteiger partial charge is 0.398 e. The molecule has 0 spiro atoms. The van der Waals surface area contributed by atoms with E-state index in [1.165, 1.54) is 9.60 Å². The summed E-state index contributed by atoms with van der Waals surface area (Å²) < 4.78 is 2.28. The van der Waals surface area contributed by atoms with Gasteiger partial charge in [0.15, 0.2) is 4.34 Å². The smallest absolute Gasteiger partial charge is 0.155 e. The van der Waals surface area contributed by atoms with E-state index in [9.17, 15) is 0 Å². The van der Waals surface area contributed by atoms with E-state index < -0.39 is 0 Å². The number of anilines is 1. The molecule has 0 aliphatic rings. The van der Waals surface area contributed by atoms with Crippen molar-refractivity contribution in [1.29, 1.82) is 0 Å². The molecule has 0 saturated heterocycles. The molecule has 0 fully saturated rings. The number of benzene rings is 2. The van der Waals surface area contributed by atoms with Crippen LogP contribution in [0.3, 0.4) is 0 Å². The first-order chi connectivity index (χ1) is 8.74. The fourth-order valence-corrected chi connectivity index (χ4v) is 3.88. The Balaban J connectivity index is 1.99. The highest BCUT2D eigenvalue weighted by Crippen LogP contribution is 2.36. The summed E-state index contributed by atoms with van der Waals surface area (Å²) >= 11 is 3.40. The van der Waals surface area contributed by atoms with E-state index in [0.29, 0.717) is 0 Å². The molecule has 0 amide bonds. The first kappa shape index (κ1) is 11.6. The number of thiazole rings is 1. The molecule has 4 heteroatoms. The number of nitrogens with zero attached hydrogens (tertiary/aromatic N) is 1. The SMILES string of the molecule is Cc1c(N)cccc1Sc1nc2ccccc2s1. The fourth-order valence-electron chi connectivity index (χ4n) is 1.73. The normalized spacial score (nSPS) is 10.9. The summed E-state index contributed by atoms with van der Waals surface area (Å²) in [5.74, 6) is 0. The average molecular weight is 272 g/mol. The van der Waals surface area contributed by atoms with Crippen LogP contribution in [0.15, 0.2) is 51.7 Å². The molecule has 0 radical (unpaired) electrons. The van der Waals surface area contributed by atoms with Crippen LogP contribution in [0.4, 0.5) is 5.69 Å². The molecular weight excluding hydrogens is 260 g/mol. The van der Waals surface area contributed by atoms with Gasteiger partial charge in [0, 0.05) is 10.6 Å². The third-order valence-corrected chi connectivity index (χ3v) is 5.06. The molecular formula is C14H12N2S2. The topological polar surface area (TPSA) is 38.9 Å². The van der Waals surface area contributed by atoms with Crippen LogP contribution in [0.1, 0.15) is 5.56 Å². The highest BCUT2D eigenvalue weighted by atomic mass is 32.2. The molecule has 0 aliphatic heterocycles. The molecule has 1 aromatic heterocycles. The van der Waals surface area contributed by atoms with E-state index in [1.54, 1.807) is 23.1 Å². The first-order valence-corrected chi connectivity index (χ1v) is 7.26. The van der Waals surface area contributed by atoms with E-state index in [4.69, 9.17) is 5.73 Å². The molecule has 0 aliphatic carbocycles. The van der Waals surface area contributed by atoms with Crippen LogP contribution in [0, 0.1) is 6.92 Å². The maximum Gasteiger partial charge on any atom is 0.155 e. The molecule has 2 nitrogen and oxygen atoms in total. The summed E-state index contributed by atoms with van der Waals surface area (Å²) in [5, 5.41) is 0. The van der Waals surface area contributed by atoms with E-state index >= 15 is 0 Å². The Kier molecular flexibility index (Phi) is 2.97. The Morgan fingerprint density at radius 1 is 1.11 bits per heavy atom. The van der Waals surface area contributed by atoms with Crippen molar-refractivity contribution in [2.45, 2.75) is 16.2 Å². The molecule has 1 heterocycles. The van der Waals surface area contributed by atoms with Crippen molar-refractivity contribution in [3.05, 3.63) is 48.0 Å². The van der Waals surface area contributed by atoms with Gasteiger partial charge in [0.2, 0.25) is 0 Å². The van der Waals surface area contributed by atoms with Gasteiger partial charge in [-0.2, -0.15) is 0 Å². The molecule has 0 saturated carbocycles. The summed E-state index contributed by atoms with van der Waals surface area (Å²) in [7, 11) is 0. The van der Waals surface area contributed by atoms with Crippen LogP contribution in [0.2, 0.25) is 0 Å². The van der Waals surface area contributed by atoms with E-state index in [2.05, 4.69) is 17.1 Å². The maximum atomic E-state index is 5.92. The van der Waals surface area contributed by atoms with Crippen molar-refractivity contribution in [2.24, 2.45) is 0 Å². The minimum Gasteiger partial charge on any atom is -0.398 e. The van der Waals surface area contributed by atoms with Gasteiger partial charge in [0.1, 0.15) is 0 Å². The molecule has 0 unspecified atom stereocenters. The second-order valence-corrected chi connectivity index (χ2v) is 6.34. The number of nitrogen functional groups attached to an aromatic ring is 1. The minimum absolute atomic E-state index is 0.834. The van der Waals surface area contributed by atoms with Crippen molar-refractivity contribution in [1.82, 2.24) is 4.98 Å².